The molecule has 2 nitrogen and oxygen atoms in total. The second-order valence-corrected chi connectivity index (χ2v) is 6.26. The fourth-order valence-corrected chi connectivity index (χ4v) is 3.36. The Hall–Kier alpha value is -1.05. The van der Waals surface area contributed by atoms with Crippen molar-refractivity contribution in [3.63, 3.8) is 0 Å². The van der Waals surface area contributed by atoms with Gasteiger partial charge < -0.3 is 4.74 Å². The van der Waals surface area contributed by atoms with Gasteiger partial charge in [-0.05, 0) is 36.2 Å². The van der Waals surface area contributed by atoms with E-state index in [1.54, 1.807) is 0 Å². The molecular weight excluding hydrogens is 236 g/mol. The summed E-state index contributed by atoms with van der Waals surface area (Å²) in [6, 6.07) is 0. The van der Waals surface area contributed by atoms with E-state index in [1.807, 2.05) is 6.92 Å². The molecule has 19 heavy (non-hydrogen) atoms. The van der Waals surface area contributed by atoms with E-state index in [1.165, 1.54) is 5.57 Å². The lowest BCUT2D eigenvalue weighted by molar-refractivity contribution is -0.153. The van der Waals surface area contributed by atoms with Crippen LogP contribution < -0.4 is 0 Å². The minimum absolute atomic E-state index is 0.0321. The van der Waals surface area contributed by atoms with Gasteiger partial charge >= 0.3 is 5.97 Å². The molecule has 2 heteroatoms. The van der Waals surface area contributed by atoms with Gasteiger partial charge in [0.25, 0.3) is 0 Å². The lowest BCUT2D eigenvalue weighted by Crippen LogP contribution is -2.39. The fourth-order valence-electron chi connectivity index (χ4n) is 3.36. The van der Waals surface area contributed by atoms with Crippen molar-refractivity contribution in [2.75, 3.05) is 0 Å². The van der Waals surface area contributed by atoms with Gasteiger partial charge in [0.05, 0.1) is 0 Å². The molecular formula is C17H26O2. The molecule has 0 saturated heterocycles. The molecule has 0 saturated carbocycles. The van der Waals surface area contributed by atoms with Crippen molar-refractivity contribution in [2.24, 2.45) is 23.7 Å². The third kappa shape index (κ3) is 3.10. The zero-order valence-corrected chi connectivity index (χ0v) is 12.6. The van der Waals surface area contributed by atoms with Crippen LogP contribution in [0, 0.1) is 23.7 Å². The van der Waals surface area contributed by atoms with Gasteiger partial charge in [0.2, 0.25) is 0 Å². The van der Waals surface area contributed by atoms with Crippen LogP contribution in [0.1, 0.15) is 47.0 Å². The minimum atomic E-state index is -0.0321. The summed E-state index contributed by atoms with van der Waals surface area (Å²) in [7, 11) is 0. The van der Waals surface area contributed by atoms with E-state index in [2.05, 4.69) is 39.0 Å². The standard InChI is InChI=1S/C17H26O2/c1-5-6-16(18)19-15-10-11(2)9-14-8-7-12(3)13(4)17(14)15/h7-9,11-13,15,17H,5-6,10H2,1-4H3/t11-,12-,13?,15-,17+/m0/s1. The number of hydrogen-bond acceptors (Lipinski definition) is 2. The van der Waals surface area contributed by atoms with Crippen LogP contribution in [0.4, 0.5) is 0 Å². The monoisotopic (exact) mass is 262 g/mol. The van der Waals surface area contributed by atoms with E-state index < -0.39 is 0 Å². The van der Waals surface area contributed by atoms with Crippen LogP contribution in [0.15, 0.2) is 23.8 Å². The Balaban J connectivity index is 2.18. The van der Waals surface area contributed by atoms with Gasteiger partial charge in [-0.15, -0.1) is 0 Å². The highest BCUT2D eigenvalue weighted by atomic mass is 16.5. The molecule has 0 N–H and O–H groups in total. The van der Waals surface area contributed by atoms with Crippen molar-refractivity contribution >= 4 is 5.97 Å². The van der Waals surface area contributed by atoms with E-state index in [-0.39, 0.29) is 12.1 Å². The second-order valence-electron chi connectivity index (χ2n) is 6.26. The predicted molar refractivity (Wildman–Crippen MR) is 77.6 cm³/mol. The minimum Gasteiger partial charge on any atom is -0.462 e. The molecule has 1 unspecified atom stereocenters. The molecule has 0 aliphatic heterocycles. The number of allylic oxidation sites excluding steroid dienone is 3. The first-order chi connectivity index (χ1) is 9.02. The Labute approximate surface area is 116 Å². The average Bonchev–Trinajstić information content (AvgIpc) is 2.33. The molecule has 0 fully saturated rings. The summed E-state index contributed by atoms with van der Waals surface area (Å²) in [6.07, 6.45) is 9.32. The number of fused-ring (bicyclic) bond motifs is 1. The molecule has 0 radical (unpaired) electrons. The number of carbonyl (C=O) groups is 1. The number of ether oxygens (including phenoxy) is 1. The van der Waals surface area contributed by atoms with Gasteiger partial charge in [0.1, 0.15) is 6.10 Å². The van der Waals surface area contributed by atoms with Crippen molar-refractivity contribution in [3.8, 4) is 0 Å². The summed E-state index contributed by atoms with van der Waals surface area (Å²) in [5.41, 5.74) is 1.37. The van der Waals surface area contributed by atoms with Crippen LogP contribution >= 0.6 is 0 Å². The van der Waals surface area contributed by atoms with Crippen molar-refractivity contribution in [3.05, 3.63) is 23.8 Å². The lowest BCUT2D eigenvalue weighted by atomic mass is 9.67. The Morgan fingerprint density at radius 1 is 1.37 bits per heavy atom. The summed E-state index contributed by atoms with van der Waals surface area (Å²) in [4.78, 5) is 11.8. The third-order valence-electron chi connectivity index (χ3n) is 4.59. The second kappa shape index (κ2) is 5.94. The average molecular weight is 262 g/mol. The lowest BCUT2D eigenvalue weighted by Gasteiger charge is -2.41. The van der Waals surface area contributed by atoms with E-state index in [4.69, 9.17) is 4.74 Å². The van der Waals surface area contributed by atoms with E-state index >= 15 is 0 Å². The van der Waals surface area contributed by atoms with Crippen molar-refractivity contribution in [1.82, 2.24) is 0 Å². The van der Waals surface area contributed by atoms with Crippen LogP contribution in [-0.4, -0.2) is 12.1 Å². The molecule has 5 atom stereocenters. The summed E-state index contributed by atoms with van der Waals surface area (Å²) in [5, 5.41) is 0. The summed E-state index contributed by atoms with van der Waals surface area (Å²) in [6.45, 7) is 8.76. The van der Waals surface area contributed by atoms with Crippen LogP contribution in [0.25, 0.3) is 0 Å². The number of hydrogen-bond donors (Lipinski definition) is 0. The van der Waals surface area contributed by atoms with Gasteiger partial charge in [-0.3, -0.25) is 4.79 Å². The molecule has 0 bridgehead atoms. The summed E-state index contributed by atoms with van der Waals surface area (Å²) in [5.74, 6) is 1.95. The summed E-state index contributed by atoms with van der Waals surface area (Å²) >= 11 is 0. The van der Waals surface area contributed by atoms with Gasteiger partial charge in [0.15, 0.2) is 0 Å². The topological polar surface area (TPSA) is 26.3 Å². The number of rotatable bonds is 3. The third-order valence-corrected chi connectivity index (χ3v) is 4.59. The quantitative estimate of drug-likeness (QED) is 0.715. The van der Waals surface area contributed by atoms with Crippen molar-refractivity contribution in [1.29, 1.82) is 0 Å². The highest BCUT2D eigenvalue weighted by Gasteiger charge is 2.39. The Kier molecular flexibility index (Phi) is 4.49. The highest BCUT2D eigenvalue weighted by Crippen LogP contribution is 2.42. The molecule has 0 spiro atoms. The van der Waals surface area contributed by atoms with Crippen molar-refractivity contribution in [2.45, 2.75) is 53.1 Å². The normalized spacial score (nSPS) is 37.5. The highest BCUT2D eigenvalue weighted by molar-refractivity contribution is 5.69. The van der Waals surface area contributed by atoms with Gasteiger partial charge in [-0.2, -0.15) is 0 Å². The predicted octanol–water partition coefficient (Wildman–Crippen LogP) is 4.12. The largest absolute Gasteiger partial charge is 0.462 e. The molecule has 2 rings (SSSR count). The van der Waals surface area contributed by atoms with Crippen LogP contribution in [0.5, 0.6) is 0 Å². The molecule has 0 heterocycles. The van der Waals surface area contributed by atoms with Gasteiger partial charge in [-0.1, -0.05) is 45.9 Å². The molecule has 0 aromatic rings. The Morgan fingerprint density at radius 3 is 2.79 bits per heavy atom. The molecule has 0 amide bonds. The van der Waals surface area contributed by atoms with E-state index in [9.17, 15) is 4.79 Å². The maximum absolute atomic E-state index is 11.8. The first-order valence-electron chi connectivity index (χ1n) is 7.62. The first-order valence-corrected chi connectivity index (χ1v) is 7.62. The number of carbonyl (C=O) groups excluding carboxylic acids is 1. The smallest absolute Gasteiger partial charge is 0.306 e. The van der Waals surface area contributed by atoms with E-state index in [0.717, 1.165) is 12.8 Å². The maximum atomic E-state index is 11.8. The first kappa shape index (κ1) is 14.4. The maximum Gasteiger partial charge on any atom is 0.306 e. The molecule has 0 aromatic carbocycles. The zero-order chi connectivity index (χ0) is 14.0. The Morgan fingerprint density at radius 2 is 2.11 bits per heavy atom. The van der Waals surface area contributed by atoms with Crippen molar-refractivity contribution < 1.29 is 9.53 Å². The van der Waals surface area contributed by atoms with Crippen LogP contribution in [-0.2, 0) is 9.53 Å². The van der Waals surface area contributed by atoms with E-state index in [0.29, 0.717) is 30.1 Å². The van der Waals surface area contributed by atoms with Crippen LogP contribution in [0.3, 0.4) is 0 Å². The fraction of sp³-hybridized carbons (Fsp3) is 0.706. The summed E-state index contributed by atoms with van der Waals surface area (Å²) < 4.78 is 5.78. The Bertz CT molecular complexity index is 394. The van der Waals surface area contributed by atoms with Gasteiger partial charge in [0, 0.05) is 12.3 Å². The van der Waals surface area contributed by atoms with Gasteiger partial charge in [-0.25, -0.2) is 0 Å². The SMILES string of the molecule is CCCC(=O)O[C@H]1C[C@@H](C)C=C2C=C[C@H](C)C(C)[C@H]21. The molecule has 106 valence electrons. The van der Waals surface area contributed by atoms with Crippen LogP contribution in [0.2, 0.25) is 0 Å². The zero-order valence-electron chi connectivity index (χ0n) is 12.6. The molecule has 0 aromatic heterocycles. The number of esters is 1. The molecule has 2 aliphatic carbocycles. The molecule has 2 aliphatic rings.